The number of methoxy groups -OCH3 is 1. The van der Waals surface area contributed by atoms with Crippen molar-refractivity contribution in [1.29, 1.82) is 0 Å². The first-order chi connectivity index (χ1) is 14.4. The maximum absolute atomic E-state index is 13.4. The molecule has 4 aromatic rings. The van der Waals surface area contributed by atoms with Crippen LogP contribution in [0, 0.1) is 29.8 Å². The molecule has 0 fully saturated rings. The van der Waals surface area contributed by atoms with Gasteiger partial charge in [-0.25, -0.2) is 14.4 Å². The number of ether oxygens (including phenoxy) is 1. The minimum atomic E-state index is -0.497. The summed E-state index contributed by atoms with van der Waals surface area (Å²) in [6.07, 6.45) is 0. The van der Waals surface area contributed by atoms with Crippen molar-refractivity contribution in [2.24, 2.45) is 0 Å². The minimum absolute atomic E-state index is 0.148. The molecule has 0 radical (unpaired) electrons. The van der Waals surface area contributed by atoms with E-state index in [4.69, 9.17) is 4.74 Å². The van der Waals surface area contributed by atoms with E-state index in [9.17, 15) is 14.5 Å². The fourth-order valence-corrected chi connectivity index (χ4v) is 4.41. The van der Waals surface area contributed by atoms with E-state index in [0.29, 0.717) is 17.3 Å². The molecule has 2 aromatic heterocycles. The second-order valence-electron chi connectivity index (χ2n) is 6.61. The van der Waals surface area contributed by atoms with Gasteiger partial charge in [-0.2, -0.15) is 0 Å². The highest BCUT2D eigenvalue weighted by Crippen LogP contribution is 2.42. The Hall–Kier alpha value is -3.59. The summed E-state index contributed by atoms with van der Waals surface area (Å²) in [7, 11) is 1.38. The molecule has 2 heterocycles. The van der Waals surface area contributed by atoms with Crippen LogP contribution in [-0.4, -0.2) is 22.0 Å². The highest BCUT2D eigenvalue weighted by Gasteiger charge is 2.20. The number of fused-ring (bicyclic) bond motifs is 1. The first-order valence-corrected chi connectivity index (χ1v) is 9.82. The zero-order valence-electron chi connectivity index (χ0n) is 16.4. The van der Waals surface area contributed by atoms with Gasteiger partial charge in [0.15, 0.2) is 5.75 Å². The van der Waals surface area contributed by atoms with E-state index in [0.717, 1.165) is 26.2 Å². The van der Waals surface area contributed by atoms with Crippen molar-refractivity contribution < 1.29 is 14.1 Å². The van der Waals surface area contributed by atoms with Gasteiger partial charge in [-0.15, -0.1) is 11.3 Å². The van der Waals surface area contributed by atoms with Crippen molar-refractivity contribution in [3.05, 3.63) is 69.1 Å². The van der Waals surface area contributed by atoms with Gasteiger partial charge in [0.2, 0.25) is 0 Å². The van der Waals surface area contributed by atoms with Gasteiger partial charge < -0.3 is 10.1 Å². The van der Waals surface area contributed by atoms with Crippen LogP contribution in [0.4, 0.5) is 21.6 Å². The molecule has 0 aliphatic rings. The third-order valence-corrected chi connectivity index (χ3v) is 5.61. The van der Waals surface area contributed by atoms with Crippen LogP contribution < -0.4 is 10.1 Å². The molecular formula is C21H17FN4O3S. The maximum Gasteiger partial charge on any atom is 0.312 e. The molecule has 4 rings (SSSR count). The molecule has 0 unspecified atom stereocenters. The van der Waals surface area contributed by atoms with Crippen LogP contribution in [0.5, 0.6) is 5.75 Å². The van der Waals surface area contributed by atoms with E-state index in [1.807, 2.05) is 6.92 Å². The van der Waals surface area contributed by atoms with Gasteiger partial charge in [-0.05, 0) is 43.7 Å². The first-order valence-electron chi connectivity index (χ1n) is 9.00. The average molecular weight is 424 g/mol. The minimum Gasteiger partial charge on any atom is -0.490 e. The van der Waals surface area contributed by atoms with Crippen molar-refractivity contribution in [3.63, 3.8) is 0 Å². The molecular weight excluding hydrogens is 407 g/mol. The van der Waals surface area contributed by atoms with Crippen molar-refractivity contribution in [2.75, 3.05) is 12.4 Å². The monoisotopic (exact) mass is 424 g/mol. The van der Waals surface area contributed by atoms with Crippen LogP contribution in [-0.2, 0) is 0 Å². The standard InChI is InChI=1S/C21H17FN4O3S/c1-11-18(13-4-6-14(22)7-5-13)19-20(23-12(2)24-21(19)30-11)25-15-8-9-17(29-3)16(10-15)26(27)28/h4-10H,1-3H3,(H,23,24,25). The van der Waals surface area contributed by atoms with Gasteiger partial charge >= 0.3 is 5.69 Å². The number of rotatable bonds is 5. The molecule has 0 aliphatic carbocycles. The Morgan fingerprint density at radius 1 is 1.13 bits per heavy atom. The predicted octanol–water partition coefficient (Wildman–Crippen LogP) is 5.77. The second kappa shape index (κ2) is 7.68. The van der Waals surface area contributed by atoms with Gasteiger partial charge in [0.1, 0.15) is 22.3 Å². The van der Waals surface area contributed by atoms with E-state index in [-0.39, 0.29) is 17.3 Å². The van der Waals surface area contributed by atoms with Crippen molar-refractivity contribution in [1.82, 2.24) is 9.97 Å². The summed E-state index contributed by atoms with van der Waals surface area (Å²) in [5, 5.41) is 15.3. The lowest BCUT2D eigenvalue weighted by molar-refractivity contribution is -0.385. The van der Waals surface area contributed by atoms with Gasteiger partial charge in [-0.1, -0.05) is 12.1 Å². The molecule has 0 aliphatic heterocycles. The highest BCUT2D eigenvalue weighted by molar-refractivity contribution is 7.19. The van der Waals surface area contributed by atoms with E-state index >= 15 is 0 Å². The Morgan fingerprint density at radius 3 is 2.53 bits per heavy atom. The topological polar surface area (TPSA) is 90.2 Å². The molecule has 0 spiro atoms. The van der Waals surface area contributed by atoms with Crippen LogP contribution in [0.1, 0.15) is 10.7 Å². The predicted molar refractivity (Wildman–Crippen MR) is 115 cm³/mol. The van der Waals surface area contributed by atoms with Gasteiger partial charge in [0.25, 0.3) is 0 Å². The molecule has 1 N–H and O–H groups in total. The maximum atomic E-state index is 13.4. The number of aryl methyl sites for hydroxylation is 2. The fourth-order valence-electron chi connectivity index (χ4n) is 3.32. The van der Waals surface area contributed by atoms with Gasteiger partial charge in [0, 0.05) is 22.2 Å². The number of aromatic nitrogens is 2. The molecule has 0 saturated carbocycles. The number of nitro groups is 1. The molecule has 0 amide bonds. The summed E-state index contributed by atoms with van der Waals surface area (Å²) in [6, 6.07) is 10.9. The van der Waals surface area contributed by atoms with E-state index in [1.54, 1.807) is 25.1 Å². The zero-order chi connectivity index (χ0) is 21.4. The number of anilines is 2. The third-order valence-electron chi connectivity index (χ3n) is 4.61. The molecule has 0 saturated heterocycles. The number of nitro benzene ring substituents is 1. The lowest BCUT2D eigenvalue weighted by Crippen LogP contribution is -2.00. The third kappa shape index (κ3) is 3.55. The Labute approximate surface area is 175 Å². The normalized spacial score (nSPS) is 10.9. The smallest absolute Gasteiger partial charge is 0.312 e. The van der Waals surface area contributed by atoms with E-state index in [2.05, 4.69) is 15.3 Å². The number of thiophene rings is 1. The number of hydrogen-bond acceptors (Lipinski definition) is 7. The lowest BCUT2D eigenvalue weighted by atomic mass is 10.0. The number of hydrogen-bond donors (Lipinski definition) is 1. The molecule has 0 bridgehead atoms. The van der Waals surface area contributed by atoms with Gasteiger partial charge in [-0.3, -0.25) is 10.1 Å². The van der Waals surface area contributed by atoms with Crippen molar-refractivity contribution in [2.45, 2.75) is 13.8 Å². The quantitative estimate of drug-likeness (QED) is 0.323. The van der Waals surface area contributed by atoms with Crippen LogP contribution >= 0.6 is 11.3 Å². The van der Waals surface area contributed by atoms with Crippen LogP contribution in [0.15, 0.2) is 42.5 Å². The Bertz CT molecular complexity index is 1270. The van der Waals surface area contributed by atoms with Gasteiger partial charge in [0.05, 0.1) is 17.4 Å². The average Bonchev–Trinajstić information content (AvgIpc) is 3.04. The summed E-state index contributed by atoms with van der Waals surface area (Å²) in [5.74, 6) is 0.959. The van der Waals surface area contributed by atoms with E-state index < -0.39 is 4.92 Å². The molecule has 9 heteroatoms. The summed E-state index contributed by atoms with van der Waals surface area (Å²) in [5.41, 5.74) is 2.09. The van der Waals surface area contributed by atoms with Crippen molar-refractivity contribution in [3.8, 4) is 16.9 Å². The zero-order valence-corrected chi connectivity index (χ0v) is 17.2. The molecule has 152 valence electrons. The summed E-state index contributed by atoms with van der Waals surface area (Å²) in [6.45, 7) is 3.76. The SMILES string of the molecule is COc1ccc(Nc2nc(C)nc3sc(C)c(-c4ccc(F)cc4)c23)cc1[N+](=O)[O-]. The highest BCUT2D eigenvalue weighted by atomic mass is 32.1. The fraction of sp³-hybridized carbons (Fsp3) is 0.143. The molecule has 7 nitrogen and oxygen atoms in total. The Morgan fingerprint density at radius 2 is 1.87 bits per heavy atom. The Balaban J connectivity index is 1.88. The van der Waals surface area contributed by atoms with Crippen LogP contribution in [0.2, 0.25) is 0 Å². The van der Waals surface area contributed by atoms with Crippen LogP contribution in [0.25, 0.3) is 21.3 Å². The number of nitrogens with zero attached hydrogens (tertiary/aromatic N) is 3. The summed E-state index contributed by atoms with van der Waals surface area (Å²) in [4.78, 5) is 21.7. The van der Waals surface area contributed by atoms with Crippen LogP contribution in [0.3, 0.4) is 0 Å². The Kier molecular flexibility index (Phi) is 5.04. The first kappa shape index (κ1) is 19.7. The number of halogens is 1. The molecule has 2 aromatic carbocycles. The summed E-state index contributed by atoms with van der Waals surface area (Å²) < 4.78 is 18.5. The molecule has 30 heavy (non-hydrogen) atoms. The number of benzene rings is 2. The lowest BCUT2D eigenvalue weighted by Gasteiger charge is -2.11. The second-order valence-corrected chi connectivity index (χ2v) is 7.81. The van der Waals surface area contributed by atoms with E-state index in [1.165, 1.54) is 42.7 Å². The van der Waals surface area contributed by atoms with Crippen molar-refractivity contribution >= 4 is 38.7 Å². The number of nitrogens with one attached hydrogen (secondary N) is 1. The summed E-state index contributed by atoms with van der Waals surface area (Å²) >= 11 is 1.52. The molecule has 0 atom stereocenters. The largest absolute Gasteiger partial charge is 0.490 e.